The van der Waals surface area contributed by atoms with Gasteiger partial charge in [0.05, 0.1) is 11.9 Å². The normalized spacial score (nSPS) is 21.8. The average Bonchev–Trinajstić information content (AvgIpc) is 3.49. The van der Waals surface area contributed by atoms with E-state index in [9.17, 15) is 19.2 Å². The van der Waals surface area contributed by atoms with Gasteiger partial charge in [0.25, 0.3) is 11.8 Å². The lowest BCUT2D eigenvalue weighted by Crippen LogP contribution is -2.61. The molecule has 1 unspecified atom stereocenters. The Morgan fingerprint density at radius 1 is 1.20 bits per heavy atom. The SMILES string of the molecule is CCC1(CC)CN(C(=O)c2cn(-c3ccc4c(c3)CN(C3CCC(=O)NC3=O)C4=O)nn2)CCN1. The number of fused-ring (bicyclic) bond motifs is 1. The first-order chi connectivity index (χ1) is 16.8. The van der Waals surface area contributed by atoms with Gasteiger partial charge in [0.15, 0.2) is 5.69 Å². The number of hydrogen-bond acceptors (Lipinski definition) is 7. The molecule has 4 heterocycles. The van der Waals surface area contributed by atoms with Gasteiger partial charge in [-0.15, -0.1) is 5.10 Å². The third-order valence-electron chi connectivity index (χ3n) is 7.50. The highest BCUT2D eigenvalue weighted by Crippen LogP contribution is 2.29. The molecule has 184 valence electrons. The fraction of sp³-hybridized carbons (Fsp3) is 0.500. The number of carbonyl (C=O) groups is 4. The molecule has 3 aliphatic heterocycles. The maximum Gasteiger partial charge on any atom is 0.276 e. The molecular formula is C24H29N7O4. The van der Waals surface area contributed by atoms with E-state index in [0.29, 0.717) is 30.8 Å². The van der Waals surface area contributed by atoms with Crippen LogP contribution < -0.4 is 10.6 Å². The first kappa shape index (κ1) is 23.2. The summed E-state index contributed by atoms with van der Waals surface area (Å²) in [5, 5.41) is 14.1. The van der Waals surface area contributed by atoms with Gasteiger partial charge in [0.1, 0.15) is 6.04 Å². The third-order valence-corrected chi connectivity index (χ3v) is 7.50. The van der Waals surface area contributed by atoms with Crippen molar-refractivity contribution in [2.24, 2.45) is 0 Å². The van der Waals surface area contributed by atoms with E-state index in [1.807, 2.05) is 11.0 Å². The fourth-order valence-electron chi connectivity index (χ4n) is 5.21. The van der Waals surface area contributed by atoms with Crippen LogP contribution >= 0.6 is 0 Å². The molecular weight excluding hydrogens is 450 g/mol. The van der Waals surface area contributed by atoms with Crippen LogP contribution in [-0.4, -0.2) is 79.6 Å². The van der Waals surface area contributed by atoms with Crippen molar-refractivity contribution in [3.8, 4) is 5.69 Å². The predicted octanol–water partition coefficient (Wildman–Crippen LogP) is 0.633. The molecule has 0 saturated carbocycles. The Bertz CT molecular complexity index is 1200. The zero-order chi connectivity index (χ0) is 24.7. The van der Waals surface area contributed by atoms with E-state index in [1.54, 1.807) is 18.3 Å². The molecule has 0 spiro atoms. The number of benzene rings is 1. The molecule has 4 amide bonds. The Balaban J connectivity index is 1.32. The lowest BCUT2D eigenvalue weighted by molar-refractivity contribution is -0.136. The number of piperidine rings is 1. The monoisotopic (exact) mass is 479 g/mol. The van der Waals surface area contributed by atoms with Crippen molar-refractivity contribution >= 4 is 23.6 Å². The zero-order valence-electron chi connectivity index (χ0n) is 19.9. The minimum Gasteiger partial charge on any atom is -0.334 e. The van der Waals surface area contributed by atoms with E-state index in [-0.39, 0.29) is 41.9 Å². The van der Waals surface area contributed by atoms with Gasteiger partial charge >= 0.3 is 0 Å². The summed E-state index contributed by atoms with van der Waals surface area (Å²) in [6.07, 6.45) is 4.01. The van der Waals surface area contributed by atoms with Gasteiger partial charge < -0.3 is 15.1 Å². The minimum absolute atomic E-state index is 0.0785. The van der Waals surface area contributed by atoms with E-state index >= 15 is 0 Å². The fourth-order valence-corrected chi connectivity index (χ4v) is 5.21. The second-order valence-electron chi connectivity index (χ2n) is 9.43. The lowest BCUT2D eigenvalue weighted by atomic mass is 9.90. The number of aromatic nitrogens is 3. The summed E-state index contributed by atoms with van der Waals surface area (Å²) in [5.74, 6) is -1.13. The number of nitrogens with one attached hydrogen (secondary N) is 2. The van der Waals surface area contributed by atoms with Gasteiger partial charge in [-0.2, -0.15) is 0 Å². The van der Waals surface area contributed by atoms with Crippen molar-refractivity contribution in [2.45, 2.75) is 57.7 Å². The molecule has 0 aliphatic carbocycles. The van der Waals surface area contributed by atoms with Crippen molar-refractivity contribution in [3.63, 3.8) is 0 Å². The molecule has 5 rings (SSSR count). The van der Waals surface area contributed by atoms with Gasteiger partial charge in [0, 0.05) is 43.7 Å². The van der Waals surface area contributed by atoms with E-state index in [2.05, 4.69) is 34.8 Å². The second kappa shape index (κ2) is 8.88. The van der Waals surface area contributed by atoms with Crippen molar-refractivity contribution < 1.29 is 19.2 Å². The summed E-state index contributed by atoms with van der Waals surface area (Å²) in [7, 11) is 0. The van der Waals surface area contributed by atoms with Crippen molar-refractivity contribution in [2.75, 3.05) is 19.6 Å². The van der Waals surface area contributed by atoms with Crippen LogP contribution in [0.1, 0.15) is 65.9 Å². The van der Waals surface area contributed by atoms with Crippen molar-refractivity contribution in [1.29, 1.82) is 0 Å². The molecule has 1 aromatic carbocycles. The quantitative estimate of drug-likeness (QED) is 0.602. The van der Waals surface area contributed by atoms with Gasteiger partial charge in [-0.1, -0.05) is 19.1 Å². The highest BCUT2D eigenvalue weighted by molar-refractivity contribution is 6.05. The first-order valence-electron chi connectivity index (χ1n) is 12.1. The highest BCUT2D eigenvalue weighted by atomic mass is 16.2. The van der Waals surface area contributed by atoms with Crippen LogP contribution in [0.2, 0.25) is 0 Å². The van der Waals surface area contributed by atoms with Crippen LogP contribution in [0, 0.1) is 0 Å². The van der Waals surface area contributed by atoms with Crippen LogP contribution in [0.15, 0.2) is 24.4 Å². The number of amides is 4. The standard InChI is InChI=1S/C24H29N7O4/c1-3-24(4-2)14-29(10-9-25-24)23(35)18-13-31(28-27-18)16-5-6-17-15(11-16)12-30(22(17)34)19-7-8-20(32)26-21(19)33/h5-6,11,13,19,25H,3-4,7-10,12,14H2,1-2H3,(H,26,32,33). The molecule has 11 heteroatoms. The van der Waals surface area contributed by atoms with Crippen LogP contribution in [0.25, 0.3) is 5.69 Å². The Morgan fingerprint density at radius 2 is 2.00 bits per heavy atom. The van der Waals surface area contributed by atoms with Crippen molar-refractivity contribution in [1.82, 2.24) is 35.4 Å². The molecule has 35 heavy (non-hydrogen) atoms. The summed E-state index contributed by atoms with van der Waals surface area (Å²) in [4.78, 5) is 53.1. The summed E-state index contributed by atoms with van der Waals surface area (Å²) >= 11 is 0. The Hall–Kier alpha value is -3.60. The summed E-state index contributed by atoms with van der Waals surface area (Å²) in [6.45, 7) is 6.50. The zero-order valence-corrected chi connectivity index (χ0v) is 19.9. The summed E-state index contributed by atoms with van der Waals surface area (Å²) < 4.78 is 1.53. The number of piperazine rings is 1. The minimum atomic E-state index is -0.663. The molecule has 0 radical (unpaired) electrons. The molecule has 2 aromatic rings. The van der Waals surface area contributed by atoms with E-state index in [1.165, 1.54) is 9.58 Å². The van der Waals surface area contributed by atoms with E-state index in [4.69, 9.17) is 0 Å². The van der Waals surface area contributed by atoms with Gasteiger partial charge in [-0.3, -0.25) is 24.5 Å². The van der Waals surface area contributed by atoms with E-state index in [0.717, 1.165) is 24.9 Å². The smallest absolute Gasteiger partial charge is 0.276 e. The predicted molar refractivity (Wildman–Crippen MR) is 125 cm³/mol. The van der Waals surface area contributed by atoms with E-state index < -0.39 is 11.9 Å². The molecule has 1 atom stereocenters. The maximum atomic E-state index is 13.1. The van der Waals surface area contributed by atoms with Crippen molar-refractivity contribution in [3.05, 3.63) is 41.2 Å². The van der Waals surface area contributed by atoms with Crippen LogP contribution in [-0.2, 0) is 16.1 Å². The number of nitrogens with zero attached hydrogens (tertiary/aromatic N) is 5. The molecule has 2 saturated heterocycles. The molecule has 0 bridgehead atoms. The van der Waals surface area contributed by atoms with Gasteiger partial charge in [-0.25, -0.2) is 4.68 Å². The summed E-state index contributed by atoms with van der Waals surface area (Å²) in [5.41, 5.74) is 2.15. The third kappa shape index (κ3) is 4.09. The Labute approximate surface area is 202 Å². The summed E-state index contributed by atoms with van der Waals surface area (Å²) in [6, 6.07) is 4.61. The van der Waals surface area contributed by atoms with Gasteiger partial charge in [0.2, 0.25) is 11.8 Å². The van der Waals surface area contributed by atoms with Gasteiger partial charge in [-0.05, 0) is 43.0 Å². The number of imide groups is 1. The lowest BCUT2D eigenvalue weighted by Gasteiger charge is -2.42. The topological polar surface area (TPSA) is 130 Å². The molecule has 2 N–H and O–H groups in total. The number of hydrogen-bond donors (Lipinski definition) is 2. The first-order valence-corrected chi connectivity index (χ1v) is 12.1. The number of carbonyl (C=O) groups excluding carboxylic acids is 4. The largest absolute Gasteiger partial charge is 0.334 e. The van der Waals surface area contributed by atoms with Crippen LogP contribution in [0.3, 0.4) is 0 Å². The maximum absolute atomic E-state index is 13.1. The second-order valence-corrected chi connectivity index (χ2v) is 9.43. The number of rotatable bonds is 5. The Morgan fingerprint density at radius 3 is 2.74 bits per heavy atom. The average molecular weight is 480 g/mol. The van der Waals surface area contributed by atoms with Crippen LogP contribution in [0.4, 0.5) is 0 Å². The Kier molecular flexibility index (Phi) is 5.87. The molecule has 2 fully saturated rings. The molecule has 11 nitrogen and oxygen atoms in total. The molecule has 1 aromatic heterocycles. The van der Waals surface area contributed by atoms with Crippen LogP contribution in [0.5, 0.6) is 0 Å². The highest BCUT2D eigenvalue weighted by Gasteiger charge is 2.39. The molecule has 3 aliphatic rings.